The molecule has 0 aliphatic rings. The van der Waals surface area contributed by atoms with Crippen molar-refractivity contribution in [3.05, 3.63) is 41.5 Å². The average molecular weight is 229 g/mol. The predicted molar refractivity (Wildman–Crippen MR) is 65.8 cm³/mol. The average Bonchev–Trinajstić information content (AvgIpc) is 2.35. The molecule has 0 radical (unpaired) electrons. The number of benzene rings is 1. The van der Waals surface area contributed by atoms with Gasteiger partial charge in [-0.05, 0) is 17.1 Å². The number of rotatable bonds is 3. The topological polar surface area (TPSA) is 50.1 Å². The maximum absolute atomic E-state index is 11.6. The van der Waals surface area contributed by atoms with Gasteiger partial charge >= 0.3 is 5.97 Å². The lowest BCUT2D eigenvalue weighted by molar-refractivity contribution is -0.135. The van der Waals surface area contributed by atoms with Gasteiger partial charge in [0.2, 0.25) is 0 Å². The number of carbonyl (C=O) groups is 1. The molecule has 0 atom stereocenters. The second kappa shape index (κ2) is 5.86. The Morgan fingerprint density at radius 1 is 1.29 bits per heavy atom. The number of hydrogen-bond acceptors (Lipinski definition) is 3. The zero-order chi connectivity index (χ0) is 12.8. The van der Waals surface area contributed by atoms with Crippen LogP contribution >= 0.6 is 0 Å². The van der Waals surface area contributed by atoms with Crippen LogP contribution in [-0.2, 0) is 9.53 Å². The standard InChI is InChI=1S/C14H15NO2/c1-10(2)13(11-7-5-4-6-8-11)12(9-15)14(16)17-3/h4-8,10H,1-3H3/b13-12+. The van der Waals surface area contributed by atoms with E-state index in [0.717, 1.165) is 11.1 Å². The third-order valence-electron chi connectivity index (χ3n) is 2.43. The number of esters is 1. The van der Waals surface area contributed by atoms with Crippen molar-refractivity contribution in [3.63, 3.8) is 0 Å². The summed E-state index contributed by atoms with van der Waals surface area (Å²) in [5, 5.41) is 9.10. The molecular formula is C14H15NO2. The monoisotopic (exact) mass is 229 g/mol. The zero-order valence-corrected chi connectivity index (χ0v) is 10.2. The van der Waals surface area contributed by atoms with Crippen molar-refractivity contribution in [2.75, 3.05) is 7.11 Å². The van der Waals surface area contributed by atoms with Gasteiger partial charge in [-0.1, -0.05) is 44.2 Å². The molecule has 0 heterocycles. The van der Waals surface area contributed by atoms with Crippen LogP contribution in [0.5, 0.6) is 0 Å². The third-order valence-corrected chi connectivity index (χ3v) is 2.43. The Hall–Kier alpha value is -2.08. The van der Waals surface area contributed by atoms with Crippen molar-refractivity contribution in [1.82, 2.24) is 0 Å². The Balaban J connectivity index is 3.40. The van der Waals surface area contributed by atoms with E-state index in [1.54, 1.807) is 0 Å². The molecule has 0 unspecified atom stereocenters. The Kier molecular flexibility index (Phi) is 4.47. The fourth-order valence-electron chi connectivity index (χ4n) is 1.70. The van der Waals surface area contributed by atoms with Crippen LogP contribution in [0.25, 0.3) is 5.57 Å². The maximum Gasteiger partial charge on any atom is 0.348 e. The van der Waals surface area contributed by atoms with E-state index in [4.69, 9.17) is 5.26 Å². The molecule has 1 aromatic carbocycles. The summed E-state index contributed by atoms with van der Waals surface area (Å²) in [7, 11) is 1.28. The molecule has 88 valence electrons. The molecule has 17 heavy (non-hydrogen) atoms. The molecule has 3 heteroatoms. The van der Waals surface area contributed by atoms with Crippen LogP contribution in [0.2, 0.25) is 0 Å². The van der Waals surface area contributed by atoms with Crippen LogP contribution in [0, 0.1) is 17.2 Å². The largest absolute Gasteiger partial charge is 0.465 e. The van der Waals surface area contributed by atoms with Gasteiger partial charge in [-0.2, -0.15) is 5.26 Å². The smallest absolute Gasteiger partial charge is 0.348 e. The van der Waals surface area contributed by atoms with Crippen LogP contribution in [0.1, 0.15) is 19.4 Å². The molecule has 0 aliphatic heterocycles. The number of nitrogens with zero attached hydrogens (tertiary/aromatic N) is 1. The second-order valence-electron chi connectivity index (χ2n) is 3.91. The van der Waals surface area contributed by atoms with Gasteiger partial charge in [-0.15, -0.1) is 0 Å². The van der Waals surface area contributed by atoms with Crippen molar-refractivity contribution in [2.24, 2.45) is 5.92 Å². The second-order valence-corrected chi connectivity index (χ2v) is 3.91. The molecule has 0 fully saturated rings. The Bertz CT molecular complexity index is 467. The van der Waals surface area contributed by atoms with Crippen molar-refractivity contribution >= 4 is 11.5 Å². The molecule has 0 saturated heterocycles. The summed E-state index contributed by atoms with van der Waals surface area (Å²) in [6.45, 7) is 3.89. The third kappa shape index (κ3) is 2.94. The van der Waals surface area contributed by atoms with Gasteiger partial charge < -0.3 is 4.74 Å². The Morgan fingerprint density at radius 2 is 1.88 bits per heavy atom. The van der Waals surface area contributed by atoms with Gasteiger partial charge in [0, 0.05) is 0 Å². The molecule has 0 amide bonds. The first-order valence-electron chi connectivity index (χ1n) is 5.39. The quantitative estimate of drug-likeness (QED) is 0.455. The lowest BCUT2D eigenvalue weighted by atomic mass is 9.91. The molecule has 1 aromatic rings. The highest BCUT2D eigenvalue weighted by Gasteiger charge is 2.19. The molecular weight excluding hydrogens is 214 g/mol. The minimum Gasteiger partial charge on any atom is -0.465 e. The SMILES string of the molecule is COC(=O)/C(C#N)=C(/c1ccccc1)C(C)C. The van der Waals surface area contributed by atoms with Crippen LogP contribution in [0.3, 0.4) is 0 Å². The van der Waals surface area contributed by atoms with E-state index in [-0.39, 0.29) is 11.5 Å². The molecule has 0 N–H and O–H groups in total. The van der Waals surface area contributed by atoms with Crippen LogP contribution in [0.4, 0.5) is 0 Å². The van der Waals surface area contributed by atoms with Crippen molar-refractivity contribution in [3.8, 4) is 6.07 Å². The fraction of sp³-hybridized carbons (Fsp3) is 0.286. The maximum atomic E-state index is 11.6. The van der Waals surface area contributed by atoms with E-state index in [0.29, 0.717) is 0 Å². The minimum absolute atomic E-state index is 0.0751. The van der Waals surface area contributed by atoms with E-state index in [9.17, 15) is 4.79 Å². The van der Waals surface area contributed by atoms with Gasteiger partial charge in [0.1, 0.15) is 11.6 Å². The minimum atomic E-state index is -0.583. The summed E-state index contributed by atoms with van der Waals surface area (Å²) >= 11 is 0. The summed E-state index contributed by atoms with van der Waals surface area (Å²) in [6, 6.07) is 11.4. The van der Waals surface area contributed by atoms with Crippen LogP contribution in [-0.4, -0.2) is 13.1 Å². The van der Waals surface area contributed by atoms with Gasteiger partial charge in [0.05, 0.1) is 7.11 Å². The highest BCUT2D eigenvalue weighted by molar-refractivity contribution is 6.01. The van der Waals surface area contributed by atoms with Gasteiger partial charge in [0.15, 0.2) is 0 Å². The summed E-state index contributed by atoms with van der Waals surface area (Å²) in [6.07, 6.45) is 0. The normalized spacial score (nSPS) is 11.7. The number of hydrogen-bond donors (Lipinski definition) is 0. The summed E-state index contributed by atoms with van der Waals surface area (Å²) in [5.74, 6) is -0.508. The first kappa shape index (κ1) is 13.0. The Labute approximate surface area is 101 Å². The van der Waals surface area contributed by atoms with E-state index in [1.807, 2.05) is 50.2 Å². The van der Waals surface area contributed by atoms with E-state index < -0.39 is 5.97 Å². The van der Waals surface area contributed by atoms with Crippen LogP contribution < -0.4 is 0 Å². The molecule has 1 rings (SSSR count). The number of ether oxygens (including phenoxy) is 1. The zero-order valence-electron chi connectivity index (χ0n) is 10.2. The van der Waals surface area contributed by atoms with Crippen molar-refractivity contribution < 1.29 is 9.53 Å². The molecule has 0 aromatic heterocycles. The molecule has 3 nitrogen and oxygen atoms in total. The van der Waals surface area contributed by atoms with Crippen molar-refractivity contribution in [1.29, 1.82) is 5.26 Å². The van der Waals surface area contributed by atoms with Gasteiger partial charge in [-0.25, -0.2) is 4.79 Å². The molecule has 0 bridgehead atoms. The summed E-state index contributed by atoms with van der Waals surface area (Å²) in [5.41, 5.74) is 1.68. The number of nitriles is 1. The number of carbonyl (C=O) groups excluding carboxylic acids is 1. The molecule has 0 saturated carbocycles. The Morgan fingerprint density at radius 3 is 2.29 bits per heavy atom. The highest BCUT2D eigenvalue weighted by Crippen LogP contribution is 2.27. The first-order valence-corrected chi connectivity index (χ1v) is 5.39. The molecule has 0 spiro atoms. The van der Waals surface area contributed by atoms with E-state index >= 15 is 0 Å². The fourth-order valence-corrected chi connectivity index (χ4v) is 1.70. The van der Waals surface area contributed by atoms with Crippen LogP contribution in [0.15, 0.2) is 35.9 Å². The lowest BCUT2D eigenvalue weighted by Gasteiger charge is -2.13. The number of allylic oxidation sites excluding steroid dienone is 1. The van der Waals surface area contributed by atoms with Gasteiger partial charge in [-0.3, -0.25) is 0 Å². The lowest BCUT2D eigenvalue weighted by Crippen LogP contribution is -2.09. The van der Waals surface area contributed by atoms with Crippen molar-refractivity contribution in [2.45, 2.75) is 13.8 Å². The van der Waals surface area contributed by atoms with E-state index in [2.05, 4.69) is 4.74 Å². The molecule has 0 aliphatic carbocycles. The first-order chi connectivity index (χ1) is 8.11. The highest BCUT2D eigenvalue weighted by atomic mass is 16.5. The predicted octanol–water partition coefficient (Wildman–Crippen LogP) is 2.79. The summed E-state index contributed by atoms with van der Waals surface area (Å²) in [4.78, 5) is 11.6. The van der Waals surface area contributed by atoms with E-state index in [1.165, 1.54) is 7.11 Å². The van der Waals surface area contributed by atoms with Gasteiger partial charge in [0.25, 0.3) is 0 Å². The number of methoxy groups -OCH3 is 1. The summed E-state index contributed by atoms with van der Waals surface area (Å²) < 4.78 is 4.64.